The maximum atomic E-state index is 10.3. The van der Waals surface area contributed by atoms with Gasteiger partial charge in [0.2, 0.25) is 0 Å². The molecule has 0 atom stereocenters. The van der Waals surface area contributed by atoms with Crippen LogP contribution in [0.2, 0.25) is 0 Å². The summed E-state index contributed by atoms with van der Waals surface area (Å²) in [6.07, 6.45) is 2.94. The zero-order valence-electron chi connectivity index (χ0n) is 5.09. The lowest BCUT2D eigenvalue weighted by Crippen LogP contribution is -2.42. The molecule has 0 bridgehead atoms. The van der Waals surface area contributed by atoms with E-state index >= 15 is 0 Å². The van der Waals surface area contributed by atoms with Gasteiger partial charge in [-0.2, -0.15) is 0 Å². The number of aldehydes is 2. The van der Waals surface area contributed by atoms with Crippen molar-refractivity contribution >= 4 is 12.6 Å². The lowest BCUT2D eigenvalue weighted by Gasteiger charge is -2.11. The van der Waals surface area contributed by atoms with Crippen molar-refractivity contribution in [2.45, 2.75) is 18.4 Å². The summed E-state index contributed by atoms with van der Waals surface area (Å²) >= 11 is 0. The lowest BCUT2D eigenvalue weighted by atomic mass is 10.0. The third-order valence-electron chi connectivity index (χ3n) is 1.64. The summed E-state index contributed by atoms with van der Waals surface area (Å²) in [5, 5.41) is 2.83. The average molecular weight is 127 g/mol. The molecule has 1 saturated heterocycles. The molecule has 1 aliphatic heterocycles. The Labute approximate surface area is 53.4 Å². The van der Waals surface area contributed by atoms with E-state index in [2.05, 4.69) is 5.32 Å². The van der Waals surface area contributed by atoms with Gasteiger partial charge in [-0.15, -0.1) is 0 Å². The van der Waals surface area contributed by atoms with Crippen LogP contribution in [0, 0.1) is 0 Å². The third kappa shape index (κ3) is 1.00. The molecule has 9 heavy (non-hydrogen) atoms. The molecule has 1 rings (SSSR count). The van der Waals surface area contributed by atoms with E-state index in [9.17, 15) is 9.59 Å². The van der Waals surface area contributed by atoms with Gasteiger partial charge in [-0.1, -0.05) is 0 Å². The van der Waals surface area contributed by atoms with E-state index in [0.29, 0.717) is 19.0 Å². The van der Waals surface area contributed by atoms with Crippen LogP contribution in [0.15, 0.2) is 0 Å². The van der Waals surface area contributed by atoms with E-state index in [1.807, 2.05) is 0 Å². The average Bonchev–Trinajstić information content (AvgIpc) is 2.36. The zero-order chi connectivity index (χ0) is 6.74. The molecule has 0 radical (unpaired) electrons. The van der Waals surface area contributed by atoms with Gasteiger partial charge in [0.25, 0.3) is 0 Å². The minimum atomic E-state index is -0.833. The zero-order valence-corrected chi connectivity index (χ0v) is 5.09. The highest BCUT2D eigenvalue weighted by atomic mass is 16.1. The van der Waals surface area contributed by atoms with Crippen LogP contribution in [0.3, 0.4) is 0 Å². The molecule has 1 fully saturated rings. The quantitative estimate of drug-likeness (QED) is 0.402. The molecule has 0 unspecified atom stereocenters. The predicted octanol–water partition coefficient (Wildman–Crippen LogP) is -0.494. The molecule has 3 nitrogen and oxygen atoms in total. The van der Waals surface area contributed by atoms with Gasteiger partial charge in [-0.05, 0) is 19.4 Å². The Morgan fingerprint density at radius 1 is 1.33 bits per heavy atom. The van der Waals surface area contributed by atoms with Gasteiger partial charge < -0.3 is 9.59 Å². The molecule has 3 heteroatoms. The van der Waals surface area contributed by atoms with Gasteiger partial charge in [-0.3, -0.25) is 5.32 Å². The van der Waals surface area contributed by atoms with Gasteiger partial charge in [-0.25, -0.2) is 0 Å². The van der Waals surface area contributed by atoms with Crippen LogP contribution in [0.1, 0.15) is 12.8 Å². The van der Waals surface area contributed by atoms with Crippen molar-refractivity contribution in [3.63, 3.8) is 0 Å². The summed E-state index contributed by atoms with van der Waals surface area (Å²) in [5.41, 5.74) is -0.833. The summed E-state index contributed by atoms with van der Waals surface area (Å²) < 4.78 is 0. The second-order valence-electron chi connectivity index (χ2n) is 2.31. The van der Waals surface area contributed by atoms with Crippen molar-refractivity contribution in [2.24, 2.45) is 0 Å². The number of hydrogen-bond acceptors (Lipinski definition) is 3. The van der Waals surface area contributed by atoms with Crippen molar-refractivity contribution in [3.05, 3.63) is 0 Å². The molecule has 50 valence electrons. The van der Waals surface area contributed by atoms with E-state index in [-0.39, 0.29) is 0 Å². The molecule has 0 aromatic heterocycles. The van der Waals surface area contributed by atoms with Crippen molar-refractivity contribution < 1.29 is 9.59 Å². The van der Waals surface area contributed by atoms with Gasteiger partial charge in [0.1, 0.15) is 18.1 Å². The van der Waals surface area contributed by atoms with Gasteiger partial charge in [0.15, 0.2) is 0 Å². The molecule has 0 aromatic rings. The SMILES string of the molecule is O=CC1(C=O)CCCN1. The predicted molar refractivity (Wildman–Crippen MR) is 32.1 cm³/mol. The largest absolute Gasteiger partial charge is 0.301 e. The number of rotatable bonds is 2. The van der Waals surface area contributed by atoms with Crippen LogP contribution in [0.5, 0.6) is 0 Å². The van der Waals surface area contributed by atoms with Crippen molar-refractivity contribution in [1.82, 2.24) is 5.32 Å². The third-order valence-corrected chi connectivity index (χ3v) is 1.64. The van der Waals surface area contributed by atoms with Crippen LogP contribution in [-0.4, -0.2) is 24.7 Å². The molecule has 0 spiro atoms. The Bertz CT molecular complexity index is 117. The summed E-state index contributed by atoms with van der Waals surface area (Å²) in [6.45, 7) is 0.775. The van der Waals surface area contributed by atoms with Crippen LogP contribution < -0.4 is 5.32 Å². The summed E-state index contributed by atoms with van der Waals surface area (Å²) in [7, 11) is 0. The first-order valence-corrected chi connectivity index (χ1v) is 3.01. The smallest absolute Gasteiger partial charge is 0.147 e. The summed E-state index contributed by atoms with van der Waals surface area (Å²) in [4.78, 5) is 20.5. The molecule has 1 aliphatic rings. The Morgan fingerprint density at radius 3 is 2.22 bits per heavy atom. The minimum Gasteiger partial charge on any atom is -0.301 e. The van der Waals surface area contributed by atoms with E-state index in [1.165, 1.54) is 0 Å². The molecular formula is C6H9NO2. The number of carbonyl (C=O) groups excluding carboxylic acids is 2. The molecular weight excluding hydrogens is 118 g/mol. The number of carbonyl (C=O) groups is 2. The summed E-state index contributed by atoms with van der Waals surface area (Å²) in [6, 6.07) is 0. The first-order valence-electron chi connectivity index (χ1n) is 3.01. The van der Waals surface area contributed by atoms with Crippen LogP contribution >= 0.6 is 0 Å². The topological polar surface area (TPSA) is 46.2 Å². The molecule has 1 heterocycles. The Morgan fingerprint density at radius 2 is 2.00 bits per heavy atom. The van der Waals surface area contributed by atoms with E-state index in [0.717, 1.165) is 13.0 Å². The van der Waals surface area contributed by atoms with E-state index < -0.39 is 5.54 Å². The maximum absolute atomic E-state index is 10.3. The fraction of sp³-hybridized carbons (Fsp3) is 0.667. The minimum absolute atomic E-state index is 0.653. The Balaban J connectivity index is 2.66. The molecule has 0 saturated carbocycles. The Hall–Kier alpha value is -0.700. The number of nitrogens with one attached hydrogen (secondary N) is 1. The lowest BCUT2D eigenvalue weighted by molar-refractivity contribution is -0.121. The second kappa shape index (κ2) is 2.27. The monoisotopic (exact) mass is 127 g/mol. The molecule has 1 N–H and O–H groups in total. The maximum Gasteiger partial charge on any atom is 0.147 e. The van der Waals surface area contributed by atoms with E-state index in [4.69, 9.17) is 0 Å². The number of hydrogen-bond donors (Lipinski definition) is 1. The van der Waals surface area contributed by atoms with Crippen LogP contribution in [0.25, 0.3) is 0 Å². The van der Waals surface area contributed by atoms with Crippen LogP contribution in [0.4, 0.5) is 0 Å². The normalized spacial score (nSPS) is 23.6. The highest BCUT2D eigenvalue weighted by Crippen LogP contribution is 2.13. The second-order valence-corrected chi connectivity index (χ2v) is 2.31. The summed E-state index contributed by atoms with van der Waals surface area (Å²) in [5.74, 6) is 0. The molecule has 0 aliphatic carbocycles. The highest BCUT2D eigenvalue weighted by Gasteiger charge is 2.32. The standard InChI is InChI=1S/C6H9NO2/c8-4-6(5-9)2-1-3-7-6/h4-5,7H,1-3H2. The fourth-order valence-corrected chi connectivity index (χ4v) is 1.02. The van der Waals surface area contributed by atoms with Crippen molar-refractivity contribution in [2.75, 3.05) is 6.54 Å². The van der Waals surface area contributed by atoms with Gasteiger partial charge >= 0.3 is 0 Å². The first-order chi connectivity index (χ1) is 4.33. The molecule has 0 amide bonds. The first kappa shape index (κ1) is 6.42. The van der Waals surface area contributed by atoms with Crippen molar-refractivity contribution in [3.8, 4) is 0 Å². The highest BCUT2D eigenvalue weighted by molar-refractivity contribution is 5.89. The van der Waals surface area contributed by atoms with Crippen LogP contribution in [-0.2, 0) is 9.59 Å². The molecule has 0 aromatic carbocycles. The van der Waals surface area contributed by atoms with E-state index in [1.54, 1.807) is 0 Å². The fourth-order valence-electron chi connectivity index (χ4n) is 1.02. The van der Waals surface area contributed by atoms with Crippen molar-refractivity contribution in [1.29, 1.82) is 0 Å². The van der Waals surface area contributed by atoms with Gasteiger partial charge in [0.05, 0.1) is 0 Å². The Kier molecular flexibility index (Phi) is 1.62. The van der Waals surface area contributed by atoms with Gasteiger partial charge in [0, 0.05) is 0 Å².